The third kappa shape index (κ3) is 3.50. The monoisotopic (exact) mass is 347 g/mol. The van der Waals surface area contributed by atoms with Gasteiger partial charge in [-0.05, 0) is 53.7 Å². The smallest absolute Gasteiger partial charge is 0.147 e. The molecule has 0 spiro atoms. The van der Waals surface area contributed by atoms with Gasteiger partial charge in [0.15, 0.2) is 0 Å². The highest BCUT2D eigenvalue weighted by molar-refractivity contribution is 9.10. The van der Waals surface area contributed by atoms with Crippen LogP contribution in [0.15, 0.2) is 16.6 Å². The molecule has 1 fully saturated rings. The number of rotatable bonds is 5. The lowest BCUT2D eigenvalue weighted by Gasteiger charge is -2.26. The molecule has 1 unspecified atom stereocenters. The molecule has 4 heteroatoms. The Bertz CT molecular complexity index is 432. The number of halogens is 3. The van der Waals surface area contributed by atoms with Gasteiger partial charge < -0.3 is 5.32 Å². The lowest BCUT2D eigenvalue weighted by molar-refractivity contribution is 0.357. The summed E-state index contributed by atoms with van der Waals surface area (Å²) in [7, 11) is 0. The van der Waals surface area contributed by atoms with Crippen LogP contribution in [0.2, 0.25) is 5.02 Å². The fourth-order valence-corrected chi connectivity index (χ4v) is 3.38. The second-order valence-electron chi connectivity index (χ2n) is 5.24. The van der Waals surface area contributed by atoms with E-state index in [9.17, 15) is 4.39 Å². The Labute approximate surface area is 128 Å². The third-order valence-corrected chi connectivity index (χ3v) is 5.14. The number of nitrogens with one attached hydrogen (secondary N) is 1. The van der Waals surface area contributed by atoms with Crippen LogP contribution < -0.4 is 5.32 Å². The zero-order chi connectivity index (χ0) is 13.8. The van der Waals surface area contributed by atoms with Crippen LogP contribution in [-0.4, -0.2) is 6.54 Å². The Hall–Kier alpha value is -0.120. The van der Waals surface area contributed by atoms with Crippen LogP contribution in [0.4, 0.5) is 4.39 Å². The summed E-state index contributed by atoms with van der Waals surface area (Å²) in [5, 5.41) is 3.69. The second kappa shape index (κ2) is 7.05. The zero-order valence-corrected chi connectivity index (χ0v) is 13.5. The van der Waals surface area contributed by atoms with Crippen LogP contribution in [0.3, 0.4) is 0 Å². The van der Waals surface area contributed by atoms with Crippen molar-refractivity contribution in [1.29, 1.82) is 0 Å². The molecule has 0 aliphatic heterocycles. The molecule has 0 radical (unpaired) electrons. The molecule has 19 heavy (non-hydrogen) atoms. The van der Waals surface area contributed by atoms with E-state index in [0.29, 0.717) is 16.0 Å². The highest BCUT2D eigenvalue weighted by Crippen LogP contribution is 2.39. The lowest BCUT2D eigenvalue weighted by atomic mass is 9.91. The highest BCUT2D eigenvalue weighted by Gasteiger charge is 2.28. The van der Waals surface area contributed by atoms with Gasteiger partial charge in [-0.25, -0.2) is 4.39 Å². The molecule has 1 N–H and O–H groups in total. The molecule has 0 aromatic heterocycles. The van der Waals surface area contributed by atoms with Crippen LogP contribution in [0, 0.1) is 11.7 Å². The second-order valence-corrected chi connectivity index (χ2v) is 6.47. The molecule has 1 saturated carbocycles. The van der Waals surface area contributed by atoms with Crippen molar-refractivity contribution < 1.29 is 4.39 Å². The first kappa shape index (κ1) is 15.3. The van der Waals surface area contributed by atoms with E-state index in [1.165, 1.54) is 25.7 Å². The van der Waals surface area contributed by atoms with Crippen molar-refractivity contribution in [2.24, 2.45) is 5.92 Å². The van der Waals surface area contributed by atoms with Gasteiger partial charge in [-0.3, -0.25) is 0 Å². The van der Waals surface area contributed by atoms with E-state index in [4.69, 9.17) is 11.6 Å². The van der Waals surface area contributed by atoms with Gasteiger partial charge in [0.25, 0.3) is 0 Å². The third-order valence-electron chi connectivity index (χ3n) is 3.89. The zero-order valence-electron chi connectivity index (χ0n) is 11.2. The molecular formula is C15H20BrClFN. The van der Waals surface area contributed by atoms with Gasteiger partial charge in [0.05, 0.1) is 5.02 Å². The standard InChI is InChI=1S/C15H20BrClFN/c1-2-9-19-15(10-5-3-4-6-10)11-7-8-12(16)13(17)14(11)18/h7-8,10,15,19H,2-6,9H2,1H3. The summed E-state index contributed by atoms with van der Waals surface area (Å²) in [5.74, 6) is 0.245. The molecular weight excluding hydrogens is 329 g/mol. The molecule has 0 amide bonds. The van der Waals surface area contributed by atoms with Crippen molar-refractivity contribution >= 4 is 27.5 Å². The van der Waals surface area contributed by atoms with Gasteiger partial charge in [0, 0.05) is 16.1 Å². The summed E-state index contributed by atoms with van der Waals surface area (Å²) >= 11 is 9.29. The van der Waals surface area contributed by atoms with Gasteiger partial charge in [-0.15, -0.1) is 0 Å². The maximum atomic E-state index is 14.4. The van der Waals surface area contributed by atoms with Crippen LogP contribution in [0.5, 0.6) is 0 Å². The molecule has 1 aliphatic rings. The minimum absolute atomic E-state index is 0.0908. The summed E-state index contributed by atoms with van der Waals surface area (Å²) in [4.78, 5) is 0. The van der Waals surface area contributed by atoms with Crippen molar-refractivity contribution in [2.45, 2.75) is 45.1 Å². The van der Waals surface area contributed by atoms with E-state index in [0.717, 1.165) is 13.0 Å². The minimum Gasteiger partial charge on any atom is -0.310 e. The first-order chi connectivity index (χ1) is 9.15. The topological polar surface area (TPSA) is 12.0 Å². The normalized spacial score (nSPS) is 17.9. The van der Waals surface area contributed by atoms with E-state index in [-0.39, 0.29) is 16.9 Å². The summed E-state index contributed by atoms with van der Waals surface area (Å²) in [6, 6.07) is 3.79. The molecule has 0 saturated heterocycles. The van der Waals surface area contributed by atoms with E-state index < -0.39 is 0 Å². The largest absolute Gasteiger partial charge is 0.310 e. The van der Waals surface area contributed by atoms with Gasteiger partial charge in [0.1, 0.15) is 5.82 Å². The molecule has 1 aliphatic carbocycles. The molecule has 2 rings (SSSR count). The maximum absolute atomic E-state index is 14.4. The molecule has 0 bridgehead atoms. The quantitative estimate of drug-likeness (QED) is 0.695. The Balaban J connectivity index is 2.28. The maximum Gasteiger partial charge on any atom is 0.147 e. The van der Waals surface area contributed by atoms with Crippen LogP contribution in [0.1, 0.15) is 50.6 Å². The van der Waals surface area contributed by atoms with Gasteiger partial charge in [-0.2, -0.15) is 0 Å². The summed E-state index contributed by atoms with van der Waals surface area (Å²) < 4.78 is 15.0. The minimum atomic E-state index is -0.281. The predicted molar refractivity (Wildman–Crippen MR) is 82.1 cm³/mol. The van der Waals surface area contributed by atoms with Gasteiger partial charge in [-0.1, -0.05) is 37.4 Å². The lowest BCUT2D eigenvalue weighted by Crippen LogP contribution is -2.28. The number of benzene rings is 1. The van der Waals surface area contributed by atoms with E-state index >= 15 is 0 Å². The average Bonchev–Trinajstić information content (AvgIpc) is 2.92. The van der Waals surface area contributed by atoms with E-state index in [2.05, 4.69) is 28.2 Å². The average molecular weight is 349 g/mol. The fraction of sp³-hybridized carbons (Fsp3) is 0.600. The molecule has 0 heterocycles. The van der Waals surface area contributed by atoms with Crippen LogP contribution in [0.25, 0.3) is 0 Å². The number of hydrogen-bond acceptors (Lipinski definition) is 1. The molecule has 1 nitrogen and oxygen atoms in total. The van der Waals surface area contributed by atoms with E-state index in [1.54, 1.807) is 0 Å². The Morgan fingerprint density at radius 1 is 1.42 bits per heavy atom. The van der Waals surface area contributed by atoms with Crippen molar-refractivity contribution in [1.82, 2.24) is 5.32 Å². The van der Waals surface area contributed by atoms with Crippen molar-refractivity contribution in [3.05, 3.63) is 33.0 Å². The molecule has 1 aromatic rings. The SMILES string of the molecule is CCCNC(c1ccc(Br)c(Cl)c1F)C1CCCC1. The summed E-state index contributed by atoms with van der Waals surface area (Å²) in [6.07, 6.45) is 5.90. The Kier molecular flexibility index (Phi) is 5.67. The molecule has 106 valence electrons. The van der Waals surface area contributed by atoms with Crippen molar-refractivity contribution in [2.75, 3.05) is 6.54 Å². The Morgan fingerprint density at radius 2 is 2.11 bits per heavy atom. The van der Waals surface area contributed by atoms with Crippen molar-refractivity contribution in [3.8, 4) is 0 Å². The van der Waals surface area contributed by atoms with Gasteiger partial charge in [0.2, 0.25) is 0 Å². The Morgan fingerprint density at radius 3 is 2.74 bits per heavy atom. The van der Waals surface area contributed by atoms with Crippen LogP contribution in [-0.2, 0) is 0 Å². The summed E-state index contributed by atoms with van der Waals surface area (Å²) in [5.41, 5.74) is 0.716. The number of hydrogen-bond donors (Lipinski definition) is 1. The molecule has 1 atom stereocenters. The van der Waals surface area contributed by atoms with Crippen LogP contribution >= 0.6 is 27.5 Å². The fourth-order valence-electron chi connectivity index (χ4n) is 2.90. The highest BCUT2D eigenvalue weighted by atomic mass is 79.9. The molecule has 1 aromatic carbocycles. The summed E-state index contributed by atoms with van der Waals surface area (Å²) in [6.45, 7) is 3.04. The van der Waals surface area contributed by atoms with Gasteiger partial charge >= 0.3 is 0 Å². The van der Waals surface area contributed by atoms with E-state index in [1.807, 2.05) is 12.1 Å². The first-order valence-corrected chi connectivity index (χ1v) is 8.19. The van der Waals surface area contributed by atoms with Crippen molar-refractivity contribution in [3.63, 3.8) is 0 Å². The first-order valence-electron chi connectivity index (χ1n) is 7.02. The predicted octanol–water partition coefficient (Wildman–Crippen LogP) is 5.47.